The van der Waals surface area contributed by atoms with E-state index in [0.29, 0.717) is 5.56 Å². The Hall–Kier alpha value is -1.64. The molecule has 0 fully saturated rings. The van der Waals surface area contributed by atoms with E-state index in [1.165, 1.54) is 11.1 Å². The van der Waals surface area contributed by atoms with Crippen LogP contribution in [0.4, 0.5) is 0 Å². The molecule has 0 aromatic heterocycles. The van der Waals surface area contributed by atoms with Crippen LogP contribution in [0.1, 0.15) is 74.9 Å². The molecule has 21 heavy (non-hydrogen) atoms. The van der Waals surface area contributed by atoms with Crippen LogP contribution in [0.25, 0.3) is 0 Å². The van der Waals surface area contributed by atoms with Crippen molar-refractivity contribution in [1.29, 1.82) is 0 Å². The molecule has 0 aliphatic heterocycles. The molecule has 1 aliphatic rings. The maximum atomic E-state index is 12.2. The molecular formula is C18H25NO2. The molecular weight excluding hydrogens is 262 g/mol. The number of fused-ring (bicyclic) bond motifs is 1. The highest BCUT2D eigenvalue weighted by Gasteiger charge is 2.37. The molecule has 0 atom stereocenters. The first-order valence-electron chi connectivity index (χ1n) is 7.60. The third-order valence-corrected chi connectivity index (χ3v) is 4.77. The molecule has 1 amide bonds. The second-order valence-electron chi connectivity index (χ2n) is 7.42. The Labute approximate surface area is 126 Å². The standard InChI is InChI=1S/C18H25NO2/c1-17(2)9-10-18(3,4)14-11-12(5-6-13(14)17)15(20)7-8-16(19)21/h5-6,11H,7-10H2,1-4H3,(H2,19,21). The van der Waals surface area contributed by atoms with E-state index in [0.717, 1.165) is 12.8 Å². The summed E-state index contributed by atoms with van der Waals surface area (Å²) in [6.07, 6.45) is 2.58. The van der Waals surface area contributed by atoms with Crippen LogP contribution in [-0.4, -0.2) is 11.7 Å². The van der Waals surface area contributed by atoms with E-state index in [4.69, 9.17) is 5.73 Å². The Morgan fingerprint density at radius 1 is 1.00 bits per heavy atom. The highest BCUT2D eigenvalue weighted by molar-refractivity contribution is 5.98. The molecule has 0 radical (unpaired) electrons. The monoisotopic (exact) mass is 287 g/mol. The lowest BCUT2D eigenvalue weighted by Crippen LogP contribution is -2.34. The summed E-state index contributed by atoms with van der Waals surface area (Å²) >= 11 is 0. The smallest absolute Gasteiger partial charge is 0.217 e. The number of nitrogens with two attached hydrogens (primary N) is 1. The molecule has 0 heterocycles. The van der Waals surface area contributed by atoms with Crippen LogP contribution in [0.3, 0.4) is 0 Å². The number of carbonyl (C=O) groups excluding carboxylic acids is 2. The van der Waals surface area contributed by atoms with Gasteiger partial charge in [0.15, 0.2) is 5.78 Å². The summed E-state index contributed by atoms with van der Waals surface area (Å²) in [7, 11) is 0. The van der Waals surface area contributed by atoms with E-state index in [1.54, 1.807) is 0 Å². The molecule has 0 spiro atoms. The number of hydrogen-bond acceptors (Lipinski definition) is 2. The zero-order chi connectivity index (χ0) is 15.8. The maximum absolute atomic E-state index is 12.2. The lowest BCUT2D eigenvalue weighted by atomic mass is 9.63. The number of benzene rings is 1. The van der Waals surface area contributed by atoms with Gasteiger partial charge < -0.3 is 5.73 Å². The summed E-state index contributed by atoms with van der Waals surface area (Å²) in [5.41, 5.74) is 8.66. The number of hydrogen-bond donors (Lipinski definition) is 1. The van der Waals surface area contributed by atoms with Crippen molar-refractivity contribution >= 4 is 11.7 Å². The van der Waals surface area contributed by atoms with E-state index in [-0.39, 0.29) is 29.5 Å². The van der Waals surface area contributed by atoms with Gasteiger partial charge in [-0.05, 0) is 40.9 Å². The Morgan fingerprint density at radius 3 is 2.14 bits per heavy atom. The topological polar surface area (TPSA) is 60.2 Å². The van der Waals surface area contributed by atoms with E-state index in [9.17, 15) is 9.59 Å². The Balaban J connectivity index is 2.37. The van der Waals surface area contributed by atoms with Crippen molar-refractivity contribution in [3.8, 4) is 0 Å². The molecule has 2 rings (SSSR count). The molecule has 0 unspecified atom stereocenters. The largest absolute Gasteiger partial charge is 0.370 e. The number of carbonyl (C=O) groups is 2. The van der Waals surface area contributed by atoms with Crippen molar-refractivity contribution < 1.29 is 9.59 Å². The van der Waals surface area contributed by atoms with Gasteiger partial charge in [-0.3, -0.25) is 9.59 Å². The van der Waals surface area contributed by atoms with Crippen LogP contribution >= 0.6 is 0 Å². The lowest BCUT2D eigenvalue weighted by molar-refractivity contribution is -0.118. The van der Waals surface area contributed by atoms with E-state index in [1.807, 2.05) is 12.1 Å². The summed E-state index contributed by atoms with van der Waals surface area (Å²) in [5, 5.41) is 0. The number of amides is 1. The van der Waals surface area contributed by atoms with Crippen LogP contribution in [0.2, 0.25) is 0 Å². The van der Waals surface area contributed by atoms with E-state index >= 15 is 0 Å². The fourth-order valence-corrected chi connectivity index (χ4v) is 3.14. The van der Waals surface area contributed by atoms with Gasteiger partial charge in [0.05, 0.1) is 0 Å². The average Bonchev–Trinajstić information content (AvgIpc) is 2.41. The molecule has 2 N–H and O–H groups in total. The quantitative estimate of drug-likeness (QED) is 0.862. The van der Waals surface area contributed by atoms with Crippen LogP contribution in [0.5, 0.6) is 0 Å². The third-order valence-electron chi connectivity index (χ3n) is 4.77. The van der Waals surface area contributed by atoms with Gasteiger partial charge in [-0.15, -0.1) is 0 Å². The molecule has 3 nitrogen and oxygen atoms in total. The summed E-state index contributed by atoms with van der Waals surface area (Å²) in [6.45, 7) is 8.99. The second kappa shape index (κ2) is 5.28. The van der Waals surface area contributed by atoms with Crippen molar-refractivity contribution in [1.82, 2.24) is 0 Å². The average molecular weight is 287 g/mol. The first-order chi connectivity index (χ1) is 9.63. The summed E-state index contributed by atoms with van der Waals surface area (Å²) < 4.78 is 0. The normalized spacial score (nSPS) is 18.9. The Morgan fingerprint density at radius 2 is 1.57 bits per heavy atom. The van der Waals surface area contributed by atoms with Crippen molar-refractivity contribution in [2.24, 2.45) is 5.73 Å². The van der Waals surface area contributed by atoms with E-state index in [2.05, 4.69) is 33.8 Å². The lowest BCUT2D eigenvalue weighted by Gasteiger charge is -2.42. The minimum atomic E-state index is -0.428. The summed E-state index contributed by atoms with van der Waals surface area (Å²) in [4.78, 5) is 23.0. The summed E-state index contributed by atoms with van der Waals surface area (Å²) in [5.74, 6) is -0.432. The highest BCUT2D eigenvalue weighted by Crippen LogP contribution is 2.45. The van der Waals surface area contributed by atoms with Gasteiger partial charge in [0.25, 0.3) is 0 Å². The SMILES string of the molecule is CC1(C)CCC(C)(C)c2cc(C(=O)CCC(N)=O)ccc21. The Bertz CT molecular complexity index is 585. The first kappa shape index (κ1) is 15.7. The number of rotatable bonds is 4. The molecule has 1 aliphatic carbocycles. The fourth-order valence-electron chi connectivity index (χ4n) is 3.14. The number of ketones is 1. The van der Waals surface area contributed by atoms with Crippen molar-refractivity contribution in [2.45, 2.75) is 64.2 Å². The zero-order valence-electron chi connectivity index (χ0n) is 13.5. The molecule has 114 valence electrons. The number of Topliss-reactive ketones (excluding diaryl/α,β-unsaturated/α-hetero) is 1. The molecule has 3 heteroatoms. The predicted octanol–water partition coefficient (Wildman–Crippen LogP) is 3.48. The minimum Gasteiger partial charge on any atom is -0.370 e. The van der Waals surface area contributed by atoms with Gasteiger partial charge in [-0.25, -0.2) is 0 Å². The van der Waals surface area contributed by atoms with Gasteiger partial charge in [0, 0.05) is 18.4 Å². The van der Waals surface area contributed by atoms with Crippen LogP contribution in [-0.2, 0) is 15.6 Å². The Kier molecular flexibility index (Phi) is 3.96. The molecule has 0 saturated carbocycles. The van der Waals surface area contributed by atoms with Gasteiger partial charge in [0.2, 0.25) is 5.91 Å². The van der Waals surface area contributed by atoms with Crippen molar-refractivity contribution in [3.05, 3.63) is 34.9 Å². The zero-order valence-corrected chi connectivity index (χ0v) is 13.5. The van der Waals surface area contributed by atoms with Gasteiger partial charge in [-0.2, -0.15) is 0 Å². The first-order valence-corrected chi connectivity index (χ1v) is 7.60. The van der Waals surface area contributed by atoms with Crippen LogP contribution in [0, 0.1) is 0 Å². The van der Waals surface area contributed by atoms with Gasteiger partial charge in [0.1, 0.15) is 0 Å². The highest BCUT2D eigenvalue weighted by atomic mass is 16.1. The fraction of sp³-hybridized carbons (Fsp3) is 0.556. The predicted molar refractivity (Wildman–Crippen MR) is 84.5 cm³/mol. The maximum Gasteiger partial charge on any atom is 0.217 e. The second-order valence-corrected chi connectivity index (χ2v) is 7.42. The molecule has 1 aromatic rings. The minimum absolute atomic E-state index is 0.00391. The summed E-state index contributed by atoms with van der Waals surface area (Å²) in [6, 6.07) is 6.01. The van der Waals surface area contributed by atoms with Crippen molar-refractivity contribution in [3.63, 3.8) is 0 Å². The molecule has 0 saturated heterocycles. The number of primary amides is 1. The van der Waals surface area contributed by atoms with Crippen molar-refractivity contribution in [2.75, 3.05) is 0 Å². The molecule has 1 aromatic carbocycles. The van der Waals surface area contributed by atoms with Crippen LogP contribution < -0.4 is 5.73 Å². The van der Waals surface area contributed by atoms with E-state index < -0.39 is 5.91 Å². The van der Waals surface area contributed by atoms with Crippen LogP contribution in [0.15, 0.2) is 18.2 Å². The third kappa shape index (κ3) is 3.17. The molecule has 0 bridgehead atoms. The van der Waals surface area contributed by atoms with Gasteiger partial charge in [-0.1, -0.05) is 39.8 Å². The van der Waals surface area contributed by atoms with Gasteiger partial charge >= 0.3 is 0 Å².